The molecule has 0 aliphatic carbocycles. The van der Waals surface area contributed by atoms with Crippen LogP contribution in [0.25, 0.3) is 0 Å². The molecular weight excluding hydrogens is 320 g/mol. The number of thiazole rings is 1. The molecule has 2 aliphatic heterocycles. The molecular formula is C15H23ClN4OS. The first-order valence-corrected chi connectivity index (χ1v) is 9.10. The molecule has 7 heteroatoms. The predicted molar refractivity (Wildman–Crippen MR) is 90.4 cm³/mol. The maximum atomic E-state index is 11.7. The van der Waals surface area contributed by atoms with Gasteiger partial charge in [0.15, 0.2) is 5.13 Å². The molecule has 2 aliphatic rings. The van der Waals surface area contributed by atoms with Gasteiger partial charge in [0.25, 0.3) is 0 Å². The van der Waals surface area contributed by atoms with Crippen LogP contribution in [-0.2, 0) is 11.3 Å². The molecule has 3 rings (SSSR count). The van der Waals surface area contributed by atoms with Crippen LogP contribution < -0.4 is 10.6 Å². The van der Waals surface area contributed by atoms with Crippen molar-refractivity contribution in [1.82, 2.24) is 9.88 Å². The molecule has 2 N–H and O–H groups in total. The Bertz CT molecular complexity index is 558. The van der Waals surface area contributed by atoms with Gasteiger partial charge < -0.3 is 10.6 Å². The van der Waals surface area contributed by atoms with E-state index in [4.69, 9.17) is 17.3 Å². The SMILES string of the molecule is CC1(C(N)=O)CCCN(Cc2sc(N3CCCC3)nc2Cl)C1. The highest BCUT2D eigenvalue weighted by Gasteiger charge is 2.36. The lowest BCUT2D eigenvalue weighted by atomic mass is 9.81. The second kappa shape index (κ2) is 6.34. The second-order valence-electron chi connectivity index (χ2n) is 6.64. The lowest BCUT2D eigenvalue weighted by Gasteiger charge is -2.38. The largest absolute Gasteiger partial charge is 0.369 e. The zero-order valence-electron chi connectivity index (χ0n) is 13.0. The summed E-state index contributed by atoms with van der Waals surface area (Å²) in [4.78, 5) is 21.9. The Kier molecular flexibility index (Phi) is 4.61. The van der Waals surface area contributed by atoms with Crippen LogP contribution in [0, 0.1) is 5.41 Å². The fourth-order valence-electron chi connectivity index (χ4n) is 3.35. The zero-order chi connectivity index (χ0) is 15.7. The predicted octanol–water partition coefficient (Wildman–Crippen LogP) is 2.48. The highest BCUT2D eigenvalue weighted by Crippen LogP contribution is 2.35. The van der Waals surface area contributed by atoms with Gasteiger partial charge in [-0.05, 0) is 39.2 Å². The molecule has 1 aromatic rings. The monoisotopic (exact) mass is 342 g/mol. The van der Waals surface area contributed by atoms with Crippen molar-refractivity contribution >= 4 is 34.0 Å². The smallest absolute Gasteiger partial charge is 0.224 e. The Morgan fingerprint density at radius 1 is 1.36 bits per heavy atom. The van der Waals surface area contributed by atoms with Gasteiger partial charge in [0.2, 0.25) is 5.91 Å². The van der Waals surface area contributed by atoms with Crippen molar-refractivity contribution in [1.29, 1.82) is 0 Å². The van der Waals surface area contributed by atoms with Crippen molar-refractivity contribution in [3.05, 3.63) is 10.0 Å². The van der Waals surface area contributed by atoms with Crippen LogP contribution in [0.2, 0.25) is 5.15 Å². The van der Waals surface area contributed by atoms with Crippen molar-refractivity contribution in [3.63, 3.8) is 0 Å². The van der Waals surface area contributed by atoms with Gasteiger partial charge >= 0.3 is 0 Å². The third-order valence-corrected chi connectivity index (χ3v) is 6.28. The summed E-state index contributed by atoms with van der Waals surface area (Å²) >= 11 is 8.01. The summed E-state index contributed by atoms with van der Waals surface area (Å²) in [5.74, 6) is -0.203. The number of likely N-dealkylation sites (tertiary alicyclic amines) is 1. The van der Waals surface area contributed by atoms with Crippen LogP contribution in [0.5, 0.6) is 0 Å². The van der Waals surface area contributed by atoms with Crippen molar-refractivity contribution in [2.24, 2.45) is 11.1 Å². The minimum absolute atomic E-state index is 0.203. The summed E-state index contributed by atoms with van der Waals surface area (Å²) in [7, 11) is 0. The minimum atomic E-state index is -0.423. The van der Waals surface area contributed by atoms with Crippen LogP contribution in [-0.4, -0.2) is 42.0 Å². The molecule has 0 saturated carbocycles. The summed E-state index contributed by atoms with van der Waals surface area (Å²) < 4.78 is 0. The van der Waals surface area contributed by atoms with E-state index >= 15 is 0 Å². The number of anilines is 1. The van der Waals surface area contributed by atoms with E-state index in [-0.39, 0.29) is 5.91 Å². The standard InChI is InChI=1S/C15H23ClN4OS/c1-15(13(17)21)5-4-6-19(10-15)9-11-12(16)18-14(22-11)20-7-2-3-8-20/h2-10H2,1H3,(H2,17,21). The van der Waals surface area contributed by atoms with Crippen LogP contribution in [0.1, 0.15) is 37.5 Å². The first-order chi connectivity index (χ1) is 10.5. The molecule has 0 spiro atoms. The number of primary amides is 1. The van der Waals surface area contributed by atoms with Gasteiger partial charge in [-0.25, -0.2) is 4.98 Å². The van der Waals surface area contributed by atoms with Crippen LogP contribution in [0.15, 0.2) is 0 Å². The second-order valence-corrected chi connectivity index (χ2v) is 8.06. The van der Waals surface area contributed by atoms with E-state index in [2.05, 4.69) is 14.8 Å². The average Bonchev–Trinajstić information content (AvgIpc) is 3.09. The third-order valence-electron chi connectivity index (χ3n) is 4.75. The molecule has 1 atom stereocenters. The number of piperidine rings is 1. The van der Waals surface area contributed by atoms with Crippen LogP contribution in [0.4, 0.5) is 5.13 Å². The van der Waals surface area contributed by atoms with E-state index in [0.29, 0.717) is 11.7 Å². The van der Waals surface area contributed by atoms with Crippen molar-refractivity contribution < 1.29 is 4.79 Å². The van der Waals surface area contributed by atoms with Crippen molar-refractivity contribution in [3.8, 4) is 0 Å². The third kappa shape index (κ3) is 3.24. The van der Waals surface area contributed by atoms with Crippen LogP contribution in [0.3, 0.4) is 0 Å². The Balaban J connectivity index is 1.69. The average molecular weight is 343 g/mol. The molecule has 1 unspecified atom stereocenters. The summed E-state index contributed by atoms with van der Waals surface area (Å²) in [6.07, 6.45) is 4.33. The topological polar surface area (TPSA) is 62.5 Å². The van der Waals surface area contributed by atoms with Gasteiger partial charge in [-0.15, -0.1) is 0 Å². The van der Waals surface area contributed by atoms with Gasteiger partial charge in [-0.3, -0.25) is 9.69 Å². The summed E-state index contributed by atoms with van der Waals surface area (Å²) in [5, 5.41) is 1.64. The number of hydrogen-bond acceptors (Lipinski definition) is 5. The Labute approximate surface area is 140 Å². The molecule has 122 valence electrons. The van der Waals surface area contributed by atoms with Crippen molar-refractivity contribution in [2.75, 3.05) is 31.1 Å². The molecule has 3 heterocycles. The number of nitrogens with zero attached hydrogens (tertiary/aromatic N) is 3. The molecule has 0 aromatic carbocycles. The number of carbonyl (C=O) groups excluding carboxylic acids is 1. The minimum Gasteiger partial charge on any atom is -0.369 e. The van der Waals surface area contributed by atoms with E-state index in [0.717, 1.165) is 49.0 Å². The van der Waals surface area contributed by atoms with Gasteiger partial charge in [0.1, 0.15) is 5.15 Å². The molecule has 22 heavy (non-hydrogen) atoms. The maximum absolute atomic E-state index is 11.7. The molecule has 1 amide bonds. The quantitative estimate of drug-likeness (QED) is 0.913. The number of rotatable bonds is 4. The first kappa shape index (κ1) is 16.0. The molecule has 0 radical (unpaired) electrons. The molecule has 1 aromatic heterocycles. The van der Waals surface area contributed by atoms with E-state index in [9.17, 15) is 4.79 Å². The number of nitrogens with two attached hydrogens (primary N) is 1. The maximum Gasteiger partial charge on any atom is 0.224 e. The van der Waals surface area contributed by atoms with E-state index < -0.39 is 5.41 Å². The Morgan fingerprint density at radius 3 is 2.77 bits per heavy atom. The van der Waals surface area contributed by atoms with Gasteiger partial charge in [-0.1, -0.05) is 22.9 Å². The number of hydrogen-bond donors (Lipinski definition) is 1. The van der Waals surface area contributed by atoms with Gasteiger partial charge in [-0.2, -0.15) is 0 Å². The number of halogens is 1. The highest BCUT2D eigenvalue weighted by atomic mass is 35.5. The molecule has 5 nitrogen and oxygen atoms in total. The first-order valence-electron chi connectivity index (χ1n) is 7.90. The Hall–Kier alpha value is -0.850. The summed E-state index contributed by atoms with van der Waals surface area (Å²) in [6.45, 7) is 6.56. The van der Waals surface area contributed by atoms with Gasteiger partial charge in [0, 0.05) is 26.2 Å². The van der Waals surface area contributed by atoms with E-state index in [1.165, 1.54) is 12.8 Å². The van der Waals surface area contributed by atoms with E-state index in [1.807, 2.05) is 6.92 Å². The molecule has 2 saturated heterocycles. The molecule has 0 bridgehead atoms. The number of amides is 1. The highest BCUT2D eigenvalue weighted by molar-refractivity contribution is 7.16. The Morgan fingerprint density at radius 2 is 2.09 bits per heavy atom. The molecule has 2 fully saturated rings. The fraction of sp³-hybridized carbons (Fsp3) is 0.733. The lowest BCUT2D eigenvalue weighted by molar-refractivity contribution is -0.129. The van der Waals surface area contributed by atoms with E-state index in [1.54, 1.807) is 11.3 Å². The van der Waals surface area contributed by atoms with Crippen LogP contribution >= 0.6 is 22.9 Å². The van der Waals surface area contributed by atoms with Gasteiger partial charge in [0.05, 0.1) is 10.3 Å². The summed E-state index contributed by atoms with van der Waals surface area (Å²) in [6, 6.07) is 0. The van der Waals surface area contributed by atoms with Crippen molar-refractivity contribution in [2.45, 2.75) is 39.2 Å². The zero-order valence-corrected chi connectivity index (χ0v) is 14.5. The lowest BCUT2D eigenvalue weighted by Crippen LogP contribution is -2.48. The number of aromatic nitrogens is 1. The fourth-order valence-corrected chi connectivity index (χ4v) is 4.70. The normalized spacial score (nSPS) is 26.5. The summed E-state index contributed by atoms with van der Waals surface area (Å²) in [5.41, 5.74) is 5.14. The number of carbonyl (C=O) groups is 1.